The Bertz CT molecular complexity index is 391. The molecule has 0 bridgehead atoms. The summed E-state index contributed by atoms with van der Waals surface area (Å²) < 4.78 is 8.51. The van der Waals surface area contributed by atoms with Crippen molar-refractivity contribution in [3.05, 3.63) is 23.6 Å². The number of esters is 1. The van der Waals surface area contributed by atoms with Gasteiger partial charge in [0.25, 0.3) is 0 Å². The summed E-state index contributed by atoms with van der Waals surface area (Å²) >= 11 is 1.61. The van der Waals surface area contributed by atoms with Crippen LogP contribution < -0.4 is 4.72 Å². The molecule has 0 aliphatic rings. The molecule has 23 heavy (non-hydrogen) atoms. The largest absolute Gasteiger partial charge is 0.462 e. The molecule has 0 fully saturated rings. The second-order valence-electron chi connectivity index (χ2n) is 7.24. The highest BCUT2D eigenvalue weighted by atomic mass is 32.2. The van der Waals surface area contributed by atoms with Gasteiger partial charge < -0.3 is 4.74 Å². The van der Waals surface area contributed by atoms with Crippen LogP contribution in [0.3, 0.4) is 0 Å². The highest BCUT2D eigenvalue weighted by Crippen LogP contribution is 2.28. The molecule has 0 spiro atoms. The fourth-order valence-corrected chi connectivity index (χ4v) is 3.47. The van der Waals surface area contributed by atoms with Gasteiger partial charge >= 0.3 is 5.97 Å². The molecule has 0 aliphatic carbocycles. The van der Waals surface area contributed by atoms with Crippen molar-refractivity contribution in [2.45, 2.75) is 66.7 Å². The summed E-state index contributed by atoms with van der Waals surface area (Å²) in [4.78, 5) is 12.3. The van der Waals surface area contributed by atoms with Gasteiger partial charge in [-0.1, -0.05) is 65.6 Å². The molecule has 0 aromatic carbocycles. The number of carbonyl (C=O) groups is 1. The molecule has 0 amide bonds. The summed E-state index contributed by atoms with van der Waals surface area (Å²) in [5, 5.41) is 0. The van der Waals surface area contributed by atoms with E-state index in [-0.39, 0.29) is 5.97 Å². The van der Waals surface area contributed by atoms with E-state index in [0.29, 0.717) is 17.6 Å². The second-order valence-corrected chi connectivity index (χ2v) is 8.31. The summed E-state index contributed by atoms with van der Waals surface area (Å²) in [5.41, 5.74) is 0.734. The lowest BCUT2D eigenvalue weighted by molar-refractivity contribution is -0.139. The van der Waals surface area contributed by atoms with Crippen molar-refractivity contribution in [2.75, 3.05) is 13.2 Å². The Balaban J connectivity index is 3.80. The van der Waals surface area contributed by atoms with E-state index in [1.807, 2.05) is 0 Å². The Morgan fingerprint density at radius 2 is 2.00 bits per heavy atom. The zero-order chi connectivity index (χ0) is 17.9. The Morgan fingerprint density at radius 3 is 2.57 bits per heavy atom. The van der Waals surface area contributed by atoms with Crippen molar-refractivity contribution < 1.29 is 9.53 Å². The molecule has 0 saturated carbocycles. The predicted molar refractivity (Wildman–Crippen MR) is 102 cm³/mol. The fourth-order valence-electron chi connectivity index (χ4n) is 2.55. The van der Waals surface area contributed by atoms with Gasteiger partial charge in [-0.05, 0) is 42.4 Å². The highest BCUT2D eigenvalue weighted by molar-refractivity contribution is 8.01. The Labute approximate surface area is 147 Å². The molecular formula is C19H35NO2S. The van der Waals surface area contributed by atoms with E-state index >= 15 is 0 Å². The predicted octanol–water partition coefficient (Wildman–Crippen LogP) is 5.49. The summed E-state index contributed by atoms with van der Waals surface area (Å²) in [6.45, 7) is 19.9. The fraction of sp³-hybridized carbons (Fsp3) is 0.737. The van der Waals surface area contributed by atoms with Gasteiger partial charge in [-0.2, -0.15) is 0 Å². The third-order valence-corrected chi connectivity index (χ3v) is 4.41. The van der Waals surface area contributed by atoms with Crippen molar-refractivity contribution >= 4 is 17.9 Å². The summed E-state index contributed by atoms with van der Waals surface area (Å²) in [6.07, 6.45) is 5.42. The van der Waals surface area contributed by atoms with E-state index in [2.05, 4.69) is 45.6 Å². The average Bonchev–Trinajstić information content (AvgIpc) is 2.42. The molecule has 0 saturated heterocycles. The molecule has 1 atom stereocenters. The first-order valence-corrected chi connectivity index (χ1v) is 9.39. The minimum atomic E-state index is -0.315. The first-order valence-electron chi connectivity index (χ1n) is 8.58. The van der Waals surface area contributed by atoms with Crippen LogP contribution in [0.25, 0.3) is 0 Å². The number of ether oxygens (including phenoxy) is 1. The number of hydrogen-bond acceptors (Lipinski definition) is 4. The van der Waals surface area contributed by atoms with Gasteiger partial charge in [0.05, 0.1) is 6.61 Å². The van der Waals surface area contributed by atoms with Crippen LogP contribution in [0.4, 0.5) is 0 Å². The van der Waals surface area contributed by atoms with Crippen molar-refractivity contribution in [3.8, 4) is 0 Å². The van der Waals surface area contributed by atoms with E-state index in [9.17, 15) is 4.79 Å². The molecular weight excluding hydrogens is 306 g/mol. The SMILES string of the molecule is C=C(CCCOC(=O)C(=C)C)SNCC(C)(C)CC(C)CCC. The molecule has 0 radical (unpaired) electrons. The van der Waals surface area contributed by atoms with Gasteiger partial charge in [0.1, 0.15) is 0 Å². The monoisotopic (exact) mass is 341 g/mol. The number of hydrogen-bond donors (Lipinski definition) is 1. The van der Waals surface area contributed by atoms with Crippen LogP contribution >= 0.6 is 11.9 Å². The van der Waals surface area contributed by atoms with Crippen LogP contribution in [0.5, 0.6) is 0 Å². The van der Waals surface area contributed by atoms with Crippen LogP contribution in [-0.4, -0.2) is 19.1 Å². The number of nitrogens with one attached hydrogen (secondary N) is 1. The van der Waals surface area contributed by atoms with Crippen molar-refractivity contribution in [2.24, 2.45) is 11.3 Å². The van der Waals surface area contributed by atoms with Crippen LogP contribution in [0.15, 0.2) is 23.6 Å². The Kier molecular flexibility index (Phi) is 11.4. The van der Waals surface area contributed by atoms with Crippen LogP contribution in [0, 0.1) is 11.3 Å². The maximum Gasteiger partial charge on any atom is 0.333 e. The van der Waals surface area contributed by atoms with E-state index in [0.717, 1.165) is 30.2 Å². The molecule has 3 nitrogen and oxygen atoms in total. The summed E-state index contributed by atoms with van der Waals surface area (Å²) in [5.74, 6) is 0.456. The smallest absolute Gasteiger partial charge is 0.333 e. The van der Waals surface area contributed by atoms with Gasteiger partial charge in [0.2, 0.25) is 0 Å². The molecule has 1 unspecified atom stereocenters. The average molecular weight is 342 g/mol. The summed E-state index contributed by atoms with van der Waals surface area (Å²) in [7, 11) is 0. The zero-order valence-electron chi connectivity index (χ0n) is 15.7. The summed E-state index contributed by atoms with van der Waals surface area (Å²) in [6, 6.07) is 0. The minimum Gasteiger partial charge on any atom is -0.462 e. The van der Waals surface area contributed by atoms with Crippen LogP contribution in [-0.2, 0) is 9.53 Å². The van der Waals surface area contributed by atoms with Crippen molar-refractivity contribution in [1.29, 1.82) is 0 Å². The molecule has 0 aliphatic heterocycles. The maximum atomic E-state index is 11.2. The number of carbonyl (C=O) groups excluding carboxylic acids is 1. The van der Waals surface area contributed by atoms with Gasteiger partial charge in [0.15, 0.2) is 0 Å². The van der Waals surface area contributed by atoms with E-state index in [1.165, 1.54) is 19.3 Å². The molecule has 134 valence electrons. The normalized spacial score (nSPS) is 12.7. The van der Waals surface area contributed by atoms with Gasteiger partial charge in [-0.3, -0.25) is 4.72 Å². The third kappa shape index (κ3) is 12.4. The molecule has 0 rings (SSSR count). The number of allylic oxidation sites excluding steroid dienone is 1. The van der Waals surface area contributed by atoms with E-state index < -0.39 is 0 Å². The van der Waals surface area contributed by atoms with Crippen molar-refractivity contribution in [1.82, 2.24) is 4.72 Å². The Hall–Kier alpha value is -0.740. The minimum absolute atomic E-state index is 0.291. The van der Waals surface area contributed by atoms with Crippen molar-refractivity contribution in [3.63, 3.8) is 0 Å². The zero-order valence-corrected chi connectivity index (χ0v) is 16.5. The third-order valence-electron chi connectivity index (χ3n) is 3.63. The number of rotatable bonds is 13. The van der Waals surface area contributed by atoms with E-state index in [4.69, 9.17) is 4.74 Å². The maximum absolute atomic E-state index is 11.2. The Morgan fingerprint density at radius 1 is 1.35 bits per heavy atom. The van der Waals surface area contributed by atoms with Gasteiger partial charge in [-0.25, -0.2) is 4.79 Å². The topological polar surface area (TPSA) is 38.3 Å². The highest BCUT2D eigenvalue weighted by Gasteiger charge is 2.20. The molecule has 0 aromatic heterocycles. The lowest BCUT2D eigenvalue weighted by Crippen LogP contribution is -2.27. The molecule has 4 heteroatoms. The molecule has 1 N–H and O–H groups in total. The lowest BCUT2D eigenvalue weighted by atomic mass is 9.82. The first-order chi connectivity index (χ1) is 10.7. The van der Waals surface area contributed by atoms with E-state index in [1.54, 1.807) is 18.9 Å². The van der Waals surface area contributed by atoms with Gasteiger partial charge in [-0.15, -0.1) is 0 Å². The van der Waals surface area contributed by atoms with Crippen LogP contribution in [0.1, 0.15) is 66.7 Å². The molecule has 0 aromatic rings. The van der Waals surface area contributed by atoms with Gasteiger partial charge in [0, 0.05) is 12.1 Å². The van der Waals surface area contributed by atoms with Crippen LogP contribution in [0.2, 0.25) is 0 Å². The quantitative estimate of drug-likeness (QED) is 0.208. The standard InChI is InChI=1S/C19H35NO2S/c1-8-10-16(4)13-19(6,7)14-20-23-17(5)11-9-12-22-18(21)15(2)3/h16,20H,2,5,8-14H2,1,3-4,6-7H3. The molecule has 0 heterocycles. The lowest BCUT2D eigenvalue weighted by Gasteiger charge is -2.28. The second kappa shape index (κ2) is 11.7. The first kappa shape index (κ1) is 22.3.